The minimum absolute atomic E-state index is 0.0200. The maximum Gasteiger partial charge on any atom is 0.226 e. The Morgan fingerprint density at radius 1 is 1.12 bits per heavy atom. The molecule has 134 valence electrons. The summed E-state index contributed by atoms with van der Waals surface area (Å²) < 4.78 is 5.34. The molecule has 3 rings (SSSR count). The Hall–Kier alpha value is -2.66. The first-order valence-corrected chi connectivity index (χ1v) is 9.29. The third-order valence-electron chi connectivity index (χ3n) is 4.19. The highest BCUT2D eigenvalue weighted by Gasteiger charge is 2.19. The molecule has 0 fully saturated rings. The molecular weight excluding hydrogens is 344 g/mol. The topological polar surface area (TPSA) is 51.2 Å². The van der Waals surface area contributed by atoms with Gasteiger partial charge in [-0.25, -0.2) is 4.98 Å². The van der Waals surface area contributed by atoms with Gasteiger partial charge in [0.15, 0.2) is 0 Å². The molecule has 26 heavy (non-hydrogen) atoms. The maximum absolute atomic E-state index is 12.7. The molecule has 0 aliphatic rings. The zero-order valence-corrected chi connectivity index (χ0v) is 16.0. The van der Waals surface area contributed by atoms with Crippen molar-refractivity contribution in [1.82, 2.24) is 10.3 Å². The molecule has 0 saturated carbocycles. The van der Waals surface area contributed by atoms with Crippen molar-refractivity contribution in [3.8, 4) is 5.75 Å². The van der Waals surface area contributed by atoms with Crippen molar-refractivity contribution in [3.05, 3.63) is 81.3 Å². The van der Waals surface area contributed by atoms with Gasteiger partial charge in [-0.05, 0) is 37.1 Å². The highest BCUT2D eigenvalue weighted by atomic mass is 32.1. The largest absolute Gasteiger partial charge is 0.497 e. The van der Waals surface area contributed by atoms with Crippen molar-refractivity contribution in [2.75, 3.05) is 7.11 Å². The Bertz CT molecular complexity index is 890. The fourth-order valence-electron chi connectivity index (χ4n) is 2.92. The number of rotatable bonds is 6. The van der Waals surface area contributed by atoms with Gasteiger partial charge in [0, 0.05) is 4.88 Å². The summed E-state index contributed by atoms with van der Waals surface area (Å²) in [6.07, 6.45) is 0.338. The molecule has 2 aromatic carbocycles. The predicted octanol–water partition coefficient (Wildman–Crippen LogP) is 4.22. The van der Waals surface area contributed by atoms with Crippen LogP contribution in [-0.4, -0.2) is 18.0 Å². The molecule has 1 atom stereocenters. The summed E-state index contributed by atoms with van der Waals surface area (Å²) >= 11 is 1.58. The summed E-state index contributed by atoms with van der Waals surface area (Å²) in [7, 11) is 1.64. The lowest BCUT2D eigenvalue weighted by atomic mass is 9.98. The number of carbonyl (C=O) groups excluding carboxylic acids is 1. The Morgan fingerprint density at radius 3 is 2.50 bits per heavy atom. The van der Waals surface area contributed by atoms with Gasteiger partial charge < -0.3 is 10.1 Å². The lowest BCUT2D eigenvalue weighted by Crippen LogP contribution is -2.30. The molecule has 1 unspecified atom stereocenters. The molecule has 5 heteroatoms. The lowest BCUT2D eigenvalue weighted by Gasteiger charge is -2.20. The number of hydrogen-bond donors (Lipinski definition) is 1. The molecule has 0 spiro atoms. The van der Waals surface area contributed by atoms with Gasteiger partial charge in [0.2, 0.25) is 5.91 Å². The van der Waals surface area contributed by atoms with Crippen molar-refractivity contribution in [2.24, 2.45) is 0 Å². The fraction of sp³-hybridized carbons (Fsp3) is 0.238. The van der Waals surface area contributed by atoms with E-state index in [2.05, 4.69) is 10.3 Å². The molecule has 0 saturated heterocycles. The van der Waals surface area contributed by atoms with Gasteiger partial charge in [-0.2, -0.15) is 0 Å². The zero-order valence-electron chi connectivity index (χ0n) is 15.2. The third-order valence-corrected chi connectivity index (χ3v) is 5.26. The summed E-state index contributed by atoms with van der Waals surface area (Å²) in [6, 6.07) is 17.5. The lowest BCUT2D eigenvalue weighted by molar-refractivity contribution is -0.120. The van der Waals surface area contributed by atoms with Gasteiger partial charge in [-0.15, -0.1) is 11.3 Å². The van der Waals surface area contributed by atoms with E-state index in [1.165, 1.54) is 0 Å². The van der Waals surface area contributed by atoms with Crippen LogP contribution >= 0.6 is 11.3 Å². The number of hydrogen-bond acceptors (Lipinski definition) is 4. The van der Waals surface area contributed by atoms with Gasteiger partial charge in [0.1, 0.15) is 5.75 Å². The summed E-state index contributed by atoms with van der Waals surface area (Å²) in [4.78, 5) is 18.1. The molecule has 1 amide bonds. The first-order chi connectivity index (χ1) is 12.6. The number of carbonyl (C=O) groups is 1. The summed E-state index contributed by atoms with van der Waals surface area (Å²) in [6.45, 7) is 3.91. The Morgan fingerprint density at radius 2 is 1.85 bits per heavy atom. The van der Waals surface area contributed by atoms with E-state index in [-0.39, 0.29) is 11.9 Å². The highest BCUT2D eigenvalue weighted by molar-refractivity contribution is 7.11. The molecule has 4 nitrogen and oxygen atoms in total. The molecule has 0 bridgehead atoms. The van der Waals surface area contributed by atoms with Gasteiger partial charge in [0.25, 0.3) is 0 Å². The van der Waals surface area contributed by atoms with Gasteiger partial charge in [-0.1, -0.05) is 42.5 Å². The van der Waals surface area contributed by atoms with E-state index in [0.717, 1.165) is 32.5 Å². The van der Waals surface area contributed by atoms with Crippen LogP contribution in [0.3, 0.4) is 0 Å². The second-order valence-corrected chi connectivity index (χ2v) is 7.39. The first kappa shape index (κ1) is 18.1. The van der Waals surface area contributed by atoms with Crippen molar-refractivity contribution < 1.29 is 9.53 Å². The number of thiazole rings is 1. The molecule has 0 radical (unpaired) electrons. The first-order valence-electron chi connectivity index (χ1n) is 8.48. The van der Waals surface area contributed by atoms with Crippen LogP contribution in [0.15, 0.2) is 54.6 Å². The van der Waals surface area contributed by atoms with Crippen LogP contribution < -0.4 is 10.1 Å². The Balaban J connectivity index is 1.86. The zero-order chi connectivity index (χ0) is 18.5. The van der Waals surface area contributed by atoms with E-state index in [0.29, 0.717) is 6.42 Å². The second kappa shape index (κ2) is 8.15. The van der Waals surface area contributed by atoms with Crippen molar-refractivity contribution in [2.45, 2.75) is 26.3 Å². The number of ether oxygens (including phenoxy) is 1. The monoisotopic (exact) mass is 366 g/mol. The SMILES string of the molecule is COc1cccc(C(NC(=O)Cc2sc(C)nc2C)c2ccccc2)c1. The average molecular weight is 366 g/mol. The van der Waals surface area contributed by atoms with E-state index in [1.54, 1.807) is 18.4 Å². The van der Waals surface area contributed by atoms with Crippen molar-refractivity contribution in [3.63, 3.8) is 0 Å². The van der Waals surface area contributed by atoms with E-state index in [1.807, 2.05) is 68.4 Å². The van der Waals surface area contributed by atoms with E-state index >= 15 is 0 Å². The normalized spacial score (nSPS) is 11.8. The van der Waals surface area contributed by atoms with Crippen LogP contribution in [-0.2, 0) is 11.2 Å². The van der Waals surface area contributed by atoms with Gasteiger partial charge in [-0.3, -0.25) is 4.79 Å². The minimum Gasteiger partial charge on any atom is -0.497 e. The quantitative estimate of drug-likeness (QED) is 0.711. The van der Waals surface area contributed by atoms with Crippen LogP contribution in [0.25, 0.3) is 0 Å². The van der Waals surface area contributed by atoms with Crippen LogP contribution in [0, 0.1) is 13.8 Å². The van der Waals surface area contributed by atoms with Crippen LogP contribution in [0.5, 0.6) is 5.75 Å². The van der Waals surface area contributed by atoms with Crippen LogP contribution in [0.4, 0.5) is 0 Å². The smallest absolute Gasteiger partial charge is 0.226 e. The summed E-state index contributed by atoms with van der Waals surface area (Å²) in [5, 5.41) is 4.15. The standard InChI is InChI=1S/C21H22N2O2S/c1-14-19(26-15(2)22-14)13-20(24)23-21(16-8-5-4-6-9-16)17-10-7-11-18(12-17)25-3/h4-12,21H,13H2,1-3H3,(H,23,24). The number of aromatic nitrogens is 1. The Kier molecular flexibility index (Phi) is 5.68. The molecule has 1 aromatic heterocycles. The molecule has 0 aliphatic heterocycles. The number of benzene rings is 2. The minimum atomic E-state index is -0.229. The average Bonchev–Trinajstić information content (AvgIpc) is 2.97. The van der Waals surface area contributed by atoms with E-state index in [4.69, 9.17) is 4.74 Å². The second-order valence-electron chi connectivity index (χ2n) is 6.11. The van der Waals surface area contributed by atoms with E-state index in [9.17, 15) is 4.79 Å². The molecular formula is C21H22N2O2S. The molecule has 3 aromatic rings. The van der Waals surface area contributed by atoms with Crippen LogP contribution in [0.2, 0.25) is 0 Å². The van der Waals surface area contributed by atoms with Gasteiger partial charge in [0.05, 0.1) is 30.3 Å². The number of amides is 1. The number of nitrogens with zero attached hydrogens (tertiary/aromatic N) is 1. The van der Waals surface area contributed by atoms with E-state index < -0.39 is 0 Å². The fourth-order valence-corrected chi connectivity index (χ4v) is 3.86. The molecule has 1 heterocycles. The Labute approximate surface area is 157 Å². The highest BCUT2D eigenvalue weighted by Crippen LogP contribution is 2.26. The third kappa shape index (κ3) is 4.29. The number of methoxy groups -OCH3 is 1. The van der Waals surface area contributed by atoms with Gasteiger partial charge >= 0.3 is 0 Å². The predicted molar refractivity (Wildman–Crippen MR) is 105 cm³/mol. The molecule has 1 N–H and O–H groups in total. The summed E-state index contributed by atoms with van der Waals surface area (Å²) in [5.74, 6) is 0.750. The van der Waals surface area contributed by atoms with Crippen molar-refractivity contribution in [1.29, 1.82) is 0 Å². The number of aryl methyl sites for hydroxylation is 2. The van der Waals surface area contributed by atoms with Crippen LogP contribution in [0.1, 0.15) is 32.7 Å². The maximum atomic E-state index is 12.7. The van der Waals surface area contributed by atoms with Crippen molar-refractivity contribution >= 4 is 17.2 Å². The molecule has 0 aliphatic carbocycles. The summed E-state index contributed by atoms with van der Waals surface area (Å²) in [5.41, 5.74) is 2.95. The number of nitrogens with one attached hydrogen (secondary N) is 1.